The highest BCUT2D eigenvalue weighted by Crippen LogP contribution is 2.37. The van der Waals surface area contributed by atoms with Crippen LogP contribution in [0.15, 0.2) is 24.3 Å². The first-order valence-electron chi connectivity index (χ1n) is 7.32. The molecule has 112 valence electrons. The first kappa shape index (κ1) is 18.6. The van der Waals surface area contributed by atoms with Crippen LogP contribution in [0.2, 0.25) is 18.1 Å². The molecule has 0 rings (SSSR count). The summed E-state index contributed by atoms with van der Waals surface area (Å²) in [5.41, 5.74) is 0. The van der Waals surface area contributed by atoms with Crippen LogP contribution >= 0.6 is 0 Å². The van der Waals surface area contributed by atoms with E-state index < -0.39 is 8.32 Å². The van der Waals surface area contributed by atoms with Crippen LogP contribution in [0.1, 0.15) is 47.0 Å². The fourth-order valence-electron chi connectivity index (χ4n) is 1.45. The molecule has 1 atom stereocenters. The molecule has 1 N–H and O–H groups in total. The zero-order chi connectivity index (χ0) is 14.9. The summed E-state index contributed by atoms with van der Waals surface area (Å²) in [7, 11) is -1.66. The lowest BCUT2D eigenvalue weighted by Crippen LogP contribution is -2.42. The van der Waals surface area contributed by atoms with E-state index in [0.717, 1.165) is 19.3 Å². The van der Waals surface area contributed by atoms with Crippen molar-refractivity contribution in [3.05, 3.63) is 24.3 Å². The normalized spacial score (nSPS) is 15.5. The van der Waals surface area contributed by atoms with Crippen LogP contribution in [0.25, 0.3) is 0 Å². The van der Waals surface area contributed by atoms with Gasteiger partial charge in [0.2, 0.25) is 0 Å². The van der Waals surface area contributed by atoms with Crippen LogP contribution < -0.4 is 0 Å². The van der Waals surface area contributed by atoms with Gasteiger partial charge in [-0.15, -0.1) is 0 Å². The van der Waals surface area contributed by atoms with E-state index in [1.807, 2.05) is 0 Å². The number of rotatable bonds is 8. The molecule has 0 heterocycles. The first-order valence-corrected chi connectivity index (χ1v) is 10.2. The second-order valence-corrected chi connectivity index (χ2v) is 11.4. The molecule has 0 aromatic heterocycles. The quantitative estimate of drug-likeness (QED) is 0.399. The number of unbranched alkanes of at least 4 members (excludes halogenated alkanes) is 2. The van der Waals surface area contributed by atoms with Crippen molar-refractivity contribution in [2.45, 2.75) is 71.2 Å². The predicted molar refractivity (Wildman–Crippen MR) is 87.0 cm³/mol. The number of hydrogen-bond donors (Lipinski definition) is 1. The van der Waals surface area contributed by atoms with Crippen molar-refractivity contribution in [1.82, 2.24) is 0 Å². The zero-order valence-corrected chi connectivity index (χ0v) is 14.6. The molecule has 2 nitrogen and oxygen atoms in total. The van der Waals surface area contributed by atoms with Gasteiger partial charge >= 0.3 is 0 Å². The summed E-state index contributed by atoms with van der Waals surface area (Å²) in [4.78, 5) is 0. The second-order valence-electron chi connectivity index (χ2n) is 6.62. The van der Waals surface area contributed by atoms with Gasteiger partial charge in [0, 0.05) is 6.61 Å². The third kappa shape index (κ3) is 8.40. The van der Waals surface area contributed by atoms with E-state index in [0.29, 0.717) is 6.61 Å². The van der Waals surface area contributed by atoms with Crippen molar-refractivity contribution in [2.75, 3.05) is 6.61 Å². The van der Waals surface area contributed by atoms with Gasteiger partial charge in [-0.3, -0.25) is 0 Å². The molecule has 0 aliphatic heterocycles. The molecule has 0 bridgehead atoms. The largest absolute Gasteiger partial charge is 0.411 e. The minimum Gasteiger partial charge on any atom is -0.411 e. The smallest absolute Gasteiger partial charge is 0.192 e. The minimum atomic E-state index is -1.66. The van der Waals surface area contributed by atoms with Gasteiger partial charge in [0.25, 0.3) is 0 Å². The molecule has 0 aliphatic carbocycles. The van der Waals surface area contributed by atoms with Crippen molar-refractivity contribution in [2.24, 2.45) is 0 Å². The van der Waals surface area contributed by atoms with Crippen LogP contribution in [-0.2, 0) is 4.43 Å². The Morgan fingerprint density at radius 1 is 1.16 bits per heavy atom. The molecule has 0 amide bonds. The SMILES string of the molecule is CC(/C=C/C=C\CCCCO)O[Si](C)(C)C(C)(C)C. The molecule has 0 aromatic rings. The average molecular weight is 285 g/mol. The summed E-state index contributed by atoms with van der Waals surface area (Å²) in [6.45, 7) is 13.7. The van der Waals surface area contributed by atoms with E-state index in [2.05, 4.69) is 65.1 Å². The van der Waals surface area contributed by atoms with E-state index in [1.54, 1.807) is 0 Å². The standard InChI is InChI=1S/C16H32O2Si/c1-15(18-19(5,6)16(2,3)4)13-11-9-7-8-10-12-14-17/h7,9,11,13,15,17H,8,10,12,14H2,1-6H3/b9-7-,13-11+. The maximum Gasteiger partial charge on any atom is 0.192 e. The highest BCUT2D eigenvalue weighted by Gasteiger charge is 2.37. The van der Waals surface area contributed by atoms with Crippen molar-refractivity contribution >= 4 is 8.32 Å². The highest BCUT2D eigenvalue weighted by molar-refractivity contribution is 6.74. The molecule has 1 unspecified atom stereocenters. The summed E-state index contributed by atoms with van der Waals surface area (Å²) >= 11 is 0. The van der Waals surface area contributed by atoms with Crippen molar-refractivity contribution < 1.29 is 9.53 Å². The van der Waals surface area contributed by atoms with Crippen molar-refractivity contribution in [3.63, 3.8) is 0 Å². The molecule has 0 saturated heterocycles. The molecule has 0 saturated carbocycles. The molecule has 0 radical (unpaired) electrons. The maximum atomic E-state index is 8.66. The molecular formula is C16H32O2Si. The van der Waals surface area contributed by atoms with Crippen molar-refractivity contribution in [3.8, 4) is 0 Å². The summed E-state index contributed by atoms with van der Waals surface area (Å²) in [5.74, 6) is 0. The topological polar surface area (TPSA) is 29.5 Å². The molecule has 19 heavy (non-hydrogen) atoms. The second kappa shape index (κ2) is 8.72. The molecule has 0 spiro atoms. The van der Waals surface area contributed by atoms with Gasteiger partial charge in [0.1, 0.15) is 0 Å². The zero-order valence-electron chi connectivity index (χ0n) is 13.6. The Bertz CT molecular complexity index is 288. The molecule has 0 fully saturated rings. The minimum absolute atomic E-state index is 0.169. The van der Waals surface area contributed by atoms with Gasteiger partial charge < -0.3 is 9.53 Å². The van der Waals surface area contributed by atoms with Crippen LogP contribution in [0.4, 0.5) is 0 Å². The summed E-state index contributed by atoms with van der Waals surface area (Å²) in [6, 6.07) is 0. The lowest BCUT2D eigenvalue weighted by molar-refractivity contribution is 0.243. The van der Waals surface area contributed by atoms with Crippen LogP contribution in [0, 0.1) is 0 Å². The monoisotopic (exact) mass is 284 g/mol. The van der Waals surface area contributed by atoms with Crippen LogP contribution in [0.5, 0.6) is 0 Å². The molecule has 0 aromatic carbocycles. The first-order chi connectivity index (χ1) is 8.70. The van der Waals surface area contributed by atoms with Crippen molar-refractivity contribution in [1.29, 1.82) is 0 Å². The third-order valence-corrected chi connectivity index (χ3v) is 8.27. The maximum absolute atomic E-state index is 8.66. The fourth-order valence-corrected chi connectivity index (χ4v) is 2.81. The van der Waals surface area contributed by atoms with Gasteiger partial charge in [-0.25, -0.2) is 0 Å². The summed E-state index contributed by atoms with van der Waals surface area (Å²) in [6.07, 6.45) is 11.5. The summed E-state index contributed by atoms with van der Waals surface area (Å²) < 4.78 is 6.23. The number of aliphatic hydroxyl groups is 1. The van der Waals surface area contributed by atoms with Gasteiger partial charge in [-0.1, -0.05) is 45.1 Å². The summed E-state index contributed by atoms with van der Waals surface area (Å²) in [5, 5.41) is 8.92. The Morgan fingerprint density at radius 2 is 1.79 bits per heavy atom. The number of aliphatic hydroxyl groups excluding tert-OH is 1. The highest BCUT2D eigenvalue weighted by atomic mass is 28.4. The molecular weight excluding hydrogens is 252 g/mol. The molecule has 3 heteroatoms. The van der Waals surface area contributed by atoms with E-state index in [9.17, 15) is 0 Å². The molecule has 0 aliphatic rings. The Balaban J connectivity index is 4.07. The van der Waals surface area contributed by atoms with Crippen LogP contribution in [-0.4, -0.2) is 26.1 Å². The van der Waals surface area contributed by atoms with Gasteiger partial charge in [-0.05, 0) is 44.3 Å². The van der Waals surface area contributed by atoms with Crippen LogP contribution in [0.3, 0.4) is 0 Å². The Kier molecular flexibility index (Phi) is 8.55. The van der Waals surface area contributed by atoms with Gasteiger partial charge in [0.05, 0.1) is 6.10 Å². The Hall–Kier alpha value is -0.383. The predicted octanol–water partition coefficient (Wildman–Crippen LogP) is 4.67. The Morgan fingerprint density at radius 3 is 2.32 bits per heavy atom. The van der Waals surface area contributed by atoms with E-state index in [-0.39, 0.29) is 11.1 Å². The fraction of sp³-hybridized carbons (Fsp3) is 0.750. The van der Waals surface area contributed by atoms with Gasteiger partial charge in [-0.2, -0.15) is 0 Å². The lowest BCUT2D eigenvalue weighted by Gasteiger charge is -2.37. The lowest BCUT2D eigenvalue weighted by atomic mass is 10.2. The number of allylic oxidation sites excluding steroid dienone is 3. The van der Waals surface area contributed by atoms with E-state index >= 15 is 0 Å². The Labute approximate surface area is 120 Å². The van der Waals surface area contributed by atoms with E-state index in [1.165, 1.54) is 0 Å². The average Bonchev–Trinajstić information content (AvgIpc) is 2.25. The van der Waals surface area contributed by atoms with E-state index in [4.69, 9.17) is 9.53 Å². The third-order valence-electron chi connectivity index (χ3n) is 3.69. The number of hydrogen-bond acceptors (Lipinski definition) is 2. The van der Waals surface area contributed by atoms with Gasteiger partial charge in [0.15, 0.2) is 8.32 Å².